The fraction of sp³-hybridized carbons (Fsp3) is 0.800. The second-order valence-electron chi connectivity index (χ2n) is 7.90. The fourth-order valence-electron chi connectivity index (χ4n) is 4.69. The minimum atomic E-state index is -3.08. The molecule has 0 aromatic heterocycles. The fourth-order valence-corrected chi connectivity index (χ4v) is 29.3. The molecule has 1 aliphatic carbocycles. The molecule has 0 bridgehead atoms. The van der Waals surface area contributed by atoms with Crippen LogP contribution in [0.25, 0.3) is 0 Å². The van der Waals surface area contributed by atoms with Crippen LogP contribution in [-0.4, -0.2) is 61.1 Å². The van der Waals surface area contributed by atoms with Crippen molar-refractivity contribution in [1.82, 2.24) is 8.53 Å². The molecule has 0 saturated carbocycles. The van der Waals surface area contributed by atoms with Crippen molar-refractivity contribution in [2.24, 2.45) is 0 Å². The van der Waals surface area contributed by atoms with Crippen LogP contribution in [0.5, 0.6) is 0 Å². The summed E-state index contributed by atoms with van der Waals surface area (Å²) in [7, 11) is 0. The van der Waals surface area contributed by atoms with Gasteiger partial charge in [0, 0.05) is 0 Å². The molecule has 146 valence electrons. The van der Waals surface area contributed by atoms with Crippen molar-refractivity contribution in [3.8, 4) is 0 Å². The molecular formula is C20H43GeN3Zr. The Morgan fingerprint density at radius 3 is 1.40 bits per heavy atom. The van der Waals surface area contributed by atoms with Crippen LogP contribution < -0.4 is 0 Å². The van der Waals surface area contributed by atoms with Crippen LogP contribution in [0.15, 0.2) is 19.8 Å². The zero-order valence-electron chi connectivity index (χ0n) is 18.4. The Labute approximate surface area is 166 Å². The van der Waals surface area contributed by atoms with E-state index in [9.17, 15) is 0 Å². The van der Waals surface area contributed by atoms with Gasteiger partial charge in [0.25, 0.3) is 0 Å². The van der Waals surface area contributed by atoms with Gasteiger partial charge in [-0.05, 0) is 0 Å². The third kappa shape index (κ3) is 4.62. The van der Waals surface area contributed by atoms with Crippen molar-refractivity contribution in [3.63, 3.8) is 0 Å². The van der Waals surface area contributed by atoms with Gasteiger partial charge >= 0.3 is 167 Å². The van der Waals surface area contributed by atoms with Gasteiger partial charge in [-0.1, -0.05) is 0 Å². The Morgan fingerprint density at radius 2 is 1.12 bits per heavy atom. The van der Waals surface area contributed by atoms with E-state index in [-0.39, 0.29) is 0 Å². The van der Waals surface area contributed by atoms with Gasteiger partial charge in [-0.3, -0.25) is 0 Å². The Kier molecular flexibility index (Phi) is 9.88. The molecule has 0 amide bonds. The normalized spacial score (nSPS) is 16.2. The van der Waals surface area contributed by atoms with Crippen molar-refractivity contribution >= 4 is 13.3 Å². The Balaban J connectivity index is 3.81. The summed E-state index contributed by atoms with van der Waals surface area (Å²) in [4.78, 5) is 0. The van der Waals surface area contributed by atoms with Crippen LogP contribution in [0, 0.1) is 0 Å². The average molecular weight is 489 g/mol. The van der Waals surface area contributed by atoms with Crippen molar-refractivity contribution in [1.29, 1.82) is 0 Å². The predicted octanol–water partition coefficient (Wildman–Crippen LogP) is 5.00. The summed E-state index contributed by atoms with van der Waals surface area (Å²) >= 11 is -4.97. The molecule has 1 aliphatic rings. The van der Waals surface area contributed by atoms with E-state index in [2.05, 4.69) is 79.5 Å². The van der Waals surface area contributed by atoms with Gasteiger partial charge in [0.15, 0.2) is 0 Å². The average Bonchev–Trinajstić information content (AvgIpc) is 3.07. The monoisotopic (exact) mass is 489 g/mol. The number of allylic oxidation sites excluding steroid dienone is 4. The molecule has 0 N–H and O–H groups in total. The summed E-state index contributed by atoms with van der Waals surface area (Å²) in [6.07, 6.45) is 6.21. The van der Waals surface area contributed by atoms with E-state index in [1.165, 1.54) is 45.7 Å². The summed E-state index contributed by atoms with van der Waals surface area (Å²) in [6.45, 7) is 21.3. The van der Waals surface area contributed by atoms with Crippen LogP contribution in [0.2, 0.25) is 17.3 Å². The third-order valence-electron chi connectivity index (χ3n) is 5.76. The molecule has 0 aliphatic heterocycles. The molecule has 1 rings (SSSR count). The summed E-state index contributed by atoms with van der Waals surface area (Å²) in [5.74, 6) is 7.73. The molecule has 0 aromatic rings. The zero-order valence-corrected chi connectivity index (χ0v) is 23.0. The number of nitrogens with zero attached hydrogens (tertiary/aromatic N) is 3. The summed E-state index contributed by atoms with van der Waals surface area (Å²) in [6, 6.07) is 0. The van der Waals surface area contributed by atoms with Gasteiger partial charge in [-0.25, -0.2) is 0 Å². The van der Waals surface area contributed by atoms with E-state index >= 15 is 0 Å². The van der Waals surface area contributed by atoms with Crippen molar-refractivity contribution in [2.45, 2.75) is 65.2 Å². The van der Waals surface area contributed by atoms with Crippen molar-refractivity contribution in [3.05, 3.63) is 19.8 Å². The van der Waals surface area contributed by atoms with E-state index < -0.39 is 34.4 Å². The molecule has 0 radical (unpaired) electrons. The maximum absolute atomic E-state index is 3.08. The third-order valence-corrected chi connectivity index (χ3v) is 25.7. The number of rotatable bonds is 11. The Bertz CT molecular complexity index is 439. The van der Waals surface area contributed by atoms with Crippen LogP contribution in [0.3, 0.4) is 0 Å². The van der Waals surface area contributed by atoms with Crippen molar-refractivity contribution < 1.29 is 21.1 Å². The number of hydrogen-bond acceptors (Lipinski definition) is 3. The van der Waals surface area contributed by atoms with E-state index in [4.69, 9.17) is 0 Å². The van der Waals surface area contributed by atoms with E-state index in [0.29, 0.717) is 0 Å². The zero-order chi connectivity index (χ0) is 19.3. The van der Waals surface area contributed by atoms with Crippen LogP contribution in [-0.2, 0) is 21.1 Å². The van der Waals surface area contributed by atoms with Crippen LogP contribution in [0.4, 0.5) is 0 Å². The topological polar surface area (TPSA) is 9.72 Å². The molecule has 3 nitrogen and oxygen atoms in total. The molecule has 0 unspecified atom stereocenters. The summed E-state index contributed by atoms with van der Waals surface area (Å²) < 4.78 is 12.5. The molecule has 0 fully saturated rings. The SMILES string of the molecule is CC[N](CC)[Zr]([C]1=[C]([Ge]([CH3])([CH3])[CH3])C=CC1)([N](CC)CC)[N](CC)CC. The summed E-state index contributed by atoms with van der Waals surface area (Å²) in [5, 5.41) is 0. The molecule has 25 heavy (non-hydrogen) atoms. The second kappa shape index (κ2) is 10.4. The molecule has 0 spiro atoms. The van der Waals surface area contributed by atoms with Gasteiger partial charge in [0.05, 0.1) is 0 Å². The molecule has 0 aromatic carbocycles. The minimum absolute atomic E-state index is 1.17. The predicted molar refractivity (Wildman–Crippen MR) is 113 cm³/mol. The van der Waals surface area contributed by atoms with Gasteiger partial charge in [-0.2, -0.15) is 0 Å². The van der Waals surface area contributed by atoms with Gasteiger partial charge < -0.3 is 0 Å². The molecular weight excluding hydrogens is 446 g/mol. The first-order chi connectivity index (χ1) is 11.8. The van der Waals surface area contributed by atoms with Crippen LogP contribution >= 0.6 is 0 Å². The first kappa shape index (κ1) is 23.8. The summed E-state index contributed by atoms with van der Waals surface area (Å²) in [5.41, 5.74) is 0. The number of hydrogen-bond donors (Lipinski definition) is 0. The molecule has 0 saturated heterocycles. The standard InChI is InChI=1S/C8H13Ge.3C4H10N.Zr/c1-9(2,3)8-6-4-5-7-8;3*1-3-5-4-2;/h4,6H,5H2,1-3H3;3*3-4H2,1-2H3;/q;3*-1;+3. The molecule has 0 atom stereocenters. The Morgan fingerprint density at radius 1 is 0.760 bits per heavy atom. The first-order valence-corrected chi connectivity index (χ1v) is 22.3. The first-order valence-electron chi connectivity index (χ1n) is 10.4. The molecule has 5 heteroatoms. The van der Waals surface area contributed by atoms with E-state index in [1.54, 1.807) is 4.41 Å². The van der Waals surface area contributed by atoms with E-state index in [0.717, 1.165) is 0 Å². The maximum atomic E-state index is 2.92. The van der Waals surface area contributed by atoms with E-state index in [1.807, 2.05) is 3.28 Å². The van der Waals surface area contributed by atoms with Gasteiger partial charge in [0.2, 0.25) is 0 Å². The second-order valence-corrected chi connectivity index (χ2v) is 27.7. The quantitative estimate of drug-likeness (QED) is 0.378. The van der Waals surface area contributed by atoms with Crippen LogP contribution in [0.1, 0.15) is 48.0 Å². The molecule has 0 heterocycles. The van der Waals surface area contributed by atoms with Gasteiger partial charge in [-0.15, -0.1) is 0 Å². The van der Waals surface area contributed by atoms with Gasteiger partial charge in [0.1, 0.15) is 0 Å². The van der Waals surface area contributed by atoms with Crippen molar-refractivity contribution in [2.75, 3.05) is 39.3 Å². The Hall–Kier alpha value is 0.786.